The molecule has 1 aromatic heterocycles. The van der Waals surface area contributed by atoms with Crippen LogP contribution in [0.15, 0.2) is 12.1 Å². The van der Waals surface area contributed by atoms with Crippen molar-refractivity contribution in [2.75, 3.05) is 25.0 Å². The van der Waals surface area contributed by atoms with Crippen LogP contribution in [0.25, 0.3) is 0 Å². The van der Waals surface area contributed by atoms with Gasteiger partial charge >= 0.3 is 0 Å². The lowest BCUT2D eigenvalue weighted by Crippen LogP contribution is -2.33. The van der Waals surface area contributed by atoms with Crippen LogP contribution in [0.2, 0.25) is 0 Å². The maximum atomic E-state index is 12.4. The second-order valence-electron chi connectivity index (χ2n) is 4.83. The Hall–Kier alpha value is -1.65. The molecule has 0 fully saturated rings. The minimum Gasteiger partial charge on any atom is -0.369 e. The van der Waals surface area contributed by atoms with E-state index in [-0.39, 0.29) is 5.91 Å². The SMILES string of the molecule is CCCCN(CCCC)C(=O)c1ccc(NCC)nn1. The summed E-state index contributed by atoms with van der Waals surface area (Å²) in [5.74, 6) is 0.695. The highest BCUT2D eigenvalue weighted by molar-refractivity contribution is 5.92. The third-order valence-electron chi connectivity index (χ3n) is 3.09. The number of carbonyl (C=O) groups is 1. The molecule has 0 aliphatic rings. The van der Waals surface area contributed by atoms with Gasteiger partial charge in [0.05, 0.1) is 0 Å². The summed E-state index contributed by atoms with van der Waals surface area (Å²) in [6.07, 6.45) is 4.22. The molecular formula is C15H26N4O. The average Bonchev–Trinajstić information content (AvgIpc) is 2.48. The Balaban J connectivity index is 2.71. The third kappa shape index (κ3) is 5.15. The molecule has 0 saturated heterocycles. The van der Waals surface area contributed by atoms with Gasteiger partial charge in [-0.1, -0.05) is 26.7 Å². The summed E-state index contributed by atoms with van der Waals surface area (Å²) < 4.78 is 0. The first-order valence-corrected chi connectivity index (χ1v) is 7.59. The van der Waals surface area contributed by atoms with E-state index in [9.17, 15) is 4.79 Å². The first-order valence-electron chi connectivity index (χ1n) is 7.59. The van der Waals surface area contributed by atoms with Crippen molar-refractivity contribution in [3.63, 3.8) is 0 Å². The van der Waals surface area contributed by atoms with Crippen molar-refractivity contribution < 1.29 is 4.79 Å². The molecule has 112 valence electrons. The summed E-state index contributed by atoms with van der Waals surface area (Å²) in [5.41, 5.74) is 0.429. The molecule has 0 bridgehead atoms. The lowest BCUT2D eigenvalue weighted by Gasteiger charge is -2.21. The standard InChI is InChI=1S/C15H26N4O/c1-4-7-11-19(12-8-5-2)15(20)13-9-10-14(16-6-3)18-17-13/h9-10H,4-8,11-12H2,1-3H3,(H,16,18). The molecule has 0 aliphatic carbocycles. The topological polar surface area (TPSA) is 58.1 Å². The maximum absolute atomic E-state index is 12.4. The maximum Gasteiger partial charge on any atom is 0.274 e. The van der Waals surface area contributed by atoms with Crippen LogP contribution in [0.4, 0.5) is 5.82 Å². The fraction of sp³-hybridized carbons (Fsp3) is 0.667. The Labute approximate surface area is 121 Å². The highest BCUT2D eigenvalue weighted by Crippen LogP contribution is 2.07. The van der Waals surface area contributed by atoms with Gasteiger partial charge in [-0.05, 0) is 31.9 Å². The Bertz CT molecular complexity index is 383. The molecule has 0 saturated carbocycles. The molecule has 1 amide bonds. The van der Waals surface area contributed by atoms with E-state index < -0.39 is 0 Å². The van der Waals surface area contributed by atoms with E-state index in [1.165, 1.54) is 0 Å². The van der Waals surface area contributed by atoms with Crippen LogP contribution in [0.3, 0.4) is 0 Å². The second-order valence-corrected chi connectivity index (χ2v) is 4.83. The van der Waals surface area contributed by atoms with Crippen molar-refractivity contribution >= 4 is 11.7 Å². The summed E-state index contributed by atoms with van der Waals surface area (Å²) >= 11 is 0. The Morgan fingerprint density at radius 2 is 1.75 bits per heavy atom. The van der Waals surface area contributed by atoms with Gasteiger partial charge in [-0.15, -0.1) is 10.2 Å². The zero-order valence-electron chi connectivity index (χ0n) is 12.9. The first kappa shape index (κ1) is 16.4. The predicted octanol–water partition coefficient (Wildman–Crippen LogP) is 2.95. The highest BCUT2D eigenvalue weighted by atomic mass is 16.2. The van der Waals surface area contributed by atoms with E-state index in [1.54, 1.807) is 6.07 Å². The van der Waals surface area contributed by atoms with Crippen LogP contribution in [0, 0.1) is 0 Å². The minimum absolute atomic E-state index is 0.0116. The van der Waals surface area contributed by atoms with E-state index in [4.69, 9.17) is 0 Å². The van der Waals surface area contributed by atoms with Gasteiger partial charge in [-0.3, -0.25) is 4.79 Å². The van der Waals surface area contributed by atoms with Crippen LogP contribution in [-0.4, -0.2) is 40.6 Å². The number of nitrogens with zero attached hydrogens (tertiary/aromatic N) is 3. The number of unbranched alkanes of at least 4 members (excludes halogenated alkanes) is 2. The fourth-order valence-electron chi connectivity index (χ4n) is 1.90. The molecule has 1 aromatic rings. The molecule has 5 nitrogen and oxygen atoms in total. The number of amides is 1. The van der Waals surface area contributed by atoms with Crippen molar-refractivity contribution in [2.24, 2.45) is 0 Å². The van der Waals surface area contributed by atoms with E-state index in [2.05, 4.69) is 29.4 Å². The third-order valence-corrected chi connectivity index (χ3v) is 3.09. The zero-order chi connectivity index (χ0) is 14.8. The van der Waals surface area contributed by atoms with E-state index in [0.717, 1.165) is 45.3 Å². The van der Waals surface area contributed by atoms with Crippen LogP contribution < -0.4 is 5.32 Å². The van der Waals surface area contributed by atoms with Gasteiger partial charge in [-0.25, -0.2) is 0 Å². The molecule has 5 heteroatoms. The van der Waals surface area contributed by atoms with E-state index in [1.807, 2.05) is 17.9 Å². The van der Waals surface area contributed by atoms with E-state index in [0.29, 0.717) is 11.5 Å². The molecule has 20 heavy (non-hydrogen) atoms. The van der Waals surface area contributed by atoms with Gasteiger partial charge in [0, 0.05) is 19.6 Å². The van der Waals surface area contributed by atoms with Gasteiger partial charge in [-0.2, -0.15) is 0 Å². The number of nitrogens with one attached hydrogen (secondary N) is 1. The monoisotopic (exact) mass is 278 g/mol. The summed E-state index contributed by atoms with van der Waals surface area (Å²) in [5, 5.41) is 11.1. The number of rotatable bonds is 9. The lowest BCUT2D eigenvalue weighted by atomic mass is 10.2. The number of hydrogen-bond donors (Lipinski definition) is 1. The second kappa shape index (κ2) is 9.28. The van der Waals surface area contributed by atoms with Crippen molar-refractivity contribution in [1.82, 2.24) is 15.1 Å². The molecule has 1 N–H and O–H groups in total. The Morgan fingerprint density at radius 3 is 2.20 bits per heavy atom. The van der Waals surface area contributed by atoms with Crippen LogP contribution in [0.5, 0.6) is 0 Å². The van der Waals surface area contributed by atoms with Crippen molar-refractivity contribution in [3.05, 3.63) is 17.8 Å². The molecular weight excluding hydrogens is 252 g/mol. The largest absolute Gasteiger partial charge is 0.369 e. The number of carbonyl (C=O) groups excluding carboxylic acids is 1. The summed E-state index contributed by atoms with van der Waals surface area (Å²) in [6, 6.07) is 3.56. The summed E-state index contributed by atoms with van der Waals surface area (Å²) in [7, 11) is 0. The highest BCUT2D eigenvalue weighted by Gasteiger charge is 2.16. The molecule has 0 radical (unpaired) electrons. The van der Waals surface area contributed by atoms with Crippen molar-refractivity contribution in [2.45, 2.75) is 46.5 Å². The molecule has 0 unspecified atom stereocenters. The van der Waals surface area contributed by atoms with Crippen LogP contribution in [0.1, 0.15) is 56.9 Å². The van der Waals surface area contributed by atoms with Crippen molar-refractivity contribution in [1.29, 1.82) is 0 Å². The smallest absolute Gasteiger partial charge is 0.274 e. The van der Waals surface area contributed by atoms with Crippen LogP contribution >= 0.6 is 0 Å². The van der Waals surface area contributed by atoms with Gasteiger partial charge in [0.15, 0.2) is 5.69 Å². The molecule has 1 heterocycles. The van der Waals surface area contributed by atoms with Gasteiger partial charge in [0.2, 0.25) is 0 Å². The Morgan fingerprint density at radius 1 is 1.10 bits per heavy atom. The zero-order valence-corrected chi connectivity index (χ0v) is 12.9. The predicted molar refractivity (Wildman–Crippen MR) is 81.9 cm³/mol. The van der Waals surface area contributed by atoms with Gasteiger partial charge < -0.3 is 10.2 Å². The van der Waals surface area contributed by atoms with Gasteiger partial charge in [0.1, 0.15) is 5.82 Å². The quantitative estimate of drug-likeness (QED) is 0.754. The average molecular weight is 278 g/mol. The molecule has 0 aliphatic heterocycles. The summed E-state index contributed by atoms with van der Waals surface area (Å²) in [4.78, 5) is 14.3. The van der Waals surface area contributed by atoms with Crippen molar-refractivity contribution in [3.8, 4) is 0 Å². The molecule has 0 aromatic carbocycles. The fourth-order valence-corrected chi connectivity index (χ4v) is 1.90. The van der Waals surface area contributed by atoms with Crippen LogP contribution in [-0.2, 0) is 0 Å². The number of aromatic nitrogens is 2. The Kier molecular flexibility index (Phi) is 7.62. The molecule has 1 rings (SSSR count). The number of hydrogen-bond acceptors (Lipinski definition) is 4. The molecule has 0 atom stereocenters. The number of anilines is 1. The van der Waals surface area contributed by atoms with Gasteiger partial charge in [0.25, 0.3) is 5.91 Å². The molecule has 0 spiro atoms. The lowest BCUT2D eigenvalue weighted by molar-refractivity contribution is 0.0744. The summed E-state index contributed by atoms with van der Waals surface area (Å²) in [6.45, 7) is 8.65. The first-order chi connectivity index (χ1) is 9.72. The normalized spacial score (nSPS) is 10.3. The minimum atomic E-state index is -0.0116. The van der Waals surface area contributed by atoms with E-state index >= 15 is 0 Å².